The lowest BCUT2D eigenvalue weighted by atomic mass is 10.2. The highest BCUT2D eigenvalue weighted by molar-refractivity contribution is 7.13. The number of rotatable bonds is 2. The van der Waals surface area contributed by atoms with Crippen LogP contribution >= 0.6 is 11.3 Å². The summed E-state index contributed by atoms with van der Waals surface area (Å²) >= 11 is 1.54. The average Bonchev–Trinajstić information content (AvgIpc) is 2.97. The minimum absolute atomic E-state index is 0.670. The summed E-state index contributed by atoms with van der Waals surface area (Å²) in [7, 11) is 0. The number of fused-ring (bicyclic) bond motifs is 1. The number of hydrazine groups is 1. The van der Waals surface area contributed by atoms with Crippen molar-refractivity contribution in [2.24, 2.45) is 5.84 Å². The number of nitrogen functional groups attached to an aromatic ring is 1. The SMILES string of the molecule is NNc1nc(-c2nccs2)nc2c1CCC2. The van der Waals surface area contributed by atoms with Crippen molar-refractivity contribution in [3.8, 4) is 10.8 Å². The highest BCUT2D eigenvalue weighted by Crippen LogP contribution is 2.29. The minimum atomic E-state index is 0.670. The van der Waals surface area contributed by atoms with Gasteiger partial charge in [-0.15, -0.1) is 11.3 Å². The van der Waals surface area contributed by atoms with E-state index in [4.69, 9.17) is 5.84 Å². The molecule has 0 spiro atoms. The number of nitrogens with one attached hydrogen (secondary N) is 1. The molecule has 0 saturated heterocycles. The number of hydrogen-bond acceptors (Lipinski definition) is 6. The van der Waals surface area contributed by atoms with E-state index in [1.165, 1.54) is 11.3 Å². The van der Waals surface area contributed by atoms with Crippen molar-refractivity contribution >= 4 is 17.2 Å². The van der Waals surface area contributed by atoms with Crippen LogP contribution in [0.5, 0.6) is 0 Å². The normalized spacial score (nSPS) is 13.8. The second-order valence-electron chi connectivity index (χ2n) is 3.66. The van der Waals surface area contributed by atoms with E-state index in [0.717, 1.165) is 41.3 Å². The van der Waals surface area contributed by atoms with Crippen LogP contribution < -0.4 is 11.3 Å². The molecule has 0 fully saturated rings. The molecule has 0 aromatic carbocycles. The zero-order chi connectivity index (χ0) is 11.0. The van der Waals surface area contributed by atoms with Crippen molar-refractivity contribution in [2.75, 3.05) is 5.43 Å². The van der Waals surface area contributed by atoms with Crippen molar-refractivity contribution in [3.63, 3.8) is 0 Å². The van der Waals surface area contributed by atoms with E-state index in [-0.39, 0.29) is 0 Å². The van der Waals surface area contributed by atoms with E-state index < -0.39 is 0 Å². The topological polar surface area (TPSA) is 76.7 Å². The standard InChI is InChI=1S/C10H11N5S/c11-15-8-6-2-1-3-7(6)13-9(14-8)10-12-4-5-16-10/h4-5H,1-3,11H2,(H,13,14,15). The Morgan fingerprint density at radius 2 is 2.25 bits per heavy atom. The third kappa shape index (κ3) is 1.46. The molecule has 2 heterocycles. The molecule has 0 amide bonds. The van der Waals surface area contributed by atoms with Gasteiger partial charge in [0.05, 0.1) is 0 Å². The third-order valence-corrected chi connectivity index (χ3v) is 3.46. The summed E-state index contributed by atoms with van der Waals surface area (Å²) in [6, 6.07) is 0. The van der Waals surface area contributed by atoms with E-state index in [9.17, 15) is 0 Å². The van der Waals surface area contributed by atoms with Gasteiger partial charge in [0.1, 0.15) is 5.82 Å². The van der Waals surface area contributed by atoms with Gasteiger partial charge in [-0.1, -0.05) is 0 Å². The lowest BCUT2D eigenvalue weighted by molar-refractivity contribution is 0.900. The quantitative estimate of drug-likeness (QED) is 0.605. The van der Waals surface area contributed by atoms with E-state index in [1.807, 2.05) is 5.38 Å². The molecule has 2 aromatic heterocycles. The molecule has 1 aliphatic carbocycles. The summed E-state index contributed by atoms with van der Waals surface area (Å²) in [6.45, 7) is 0. The van der Waals surface area contributed by atoms with Gasteiger partial charge in [-0.25, -0.2) is 20.8 Å². The van der Waals surface area contributed by atoms with Crippen molar-refractivity contribution in [3.05, 3.63) is 22.8 Å². The first-order chi connectivity index (χ1) is 7.88. The first-order valence-corrected chi connectivity index (χ1v) is 6.02. The molecule has 2 aromatic rings. The van der Waals surface area contributed by atoms with Crippen LogP contribution in [0, 0.1) is 0 Å². The average molecular weight is 233 g/mol. The summed E-state index contributed by atoms with van der Waals surface area (Å²) in [5.74, 6) is 6.90. The summed E-state index contributed by atoms with van der Waals surface area (Å²) in [5, 5.41) is 2.76. The zero-order valence-corrected chi connectivity index (χ0v) is 9.42. The van der Waals surface area contributed by atoms with Crippen LogP contribution in [-0.2, 0) is 12.8 Å². The van der Waals surface area contributed by atoms with Crippen LogP contribution in [0.2, 0.25) is 0 Å². The van der Waals surface area contributed by atoms with Crippen LogP contribution in [0.4, 0.5) is 5.82 Å². The Bertz CT molecular complexity index is 508. The van der Waals surface area contributed by atoms with Gasteiger partial charge < -0.3 is 5.43 Å². The molecule has 0 bridgehead atoms. The fourth-order valence-corrected chi connectivity index (χ4v) is 2.55. The largest absolute Gasteiger partial charge is 0.308 e. The van der Waals surface area contributed by atoms with Crippen LogP contribution in [0.15, 0.2) is 11.6 Å². The van der Waals surface area contributed by atoms with Crippen molar-refractivity contribution in [2.45, 2.75) is 19.3 Å². The second-order valence-corrected chi connectivity index (χ2v) is 4.55. The highest BCUT2D eigenvalue weighted by atomic mass is 32.1. The number of hydrogen-bond donors (Lipinski definition) is 2. The minimum Gasteiger partial charge on any atom is -0.308 e. The van der Waals surface area contributed by atoms with Crippen LogP contribution in [0.1, 0.15) is 17.7 Å². The van der Waals surface area contributed by atoms with Gasteiger partial charge in [-0.05, 0) is 19.3 Å². The molecule has 6 heteroatoms. The van der Waals surface area contributed by atoms with Gasteiger partial charge in [-0.2, -0.15) is 0 Å². The maximum atomic E-state index is 5.49. The predicted octanol–water partition coefficient (Wildman–Crippen LogP) is 1.37. The van der Waals surface area contributed by atoms with Crippen molar-refractivity contribution in [1.29, 1.82) is 0 Å². The number of aryl methyl sites for hydroxylation is 1. The third-order valence-electron chi connectivity index (χ3n) is 2.69. The van der Waals surface area contributed by atoms with Gasteiger partial charge in [-0.3, -0.25) is 0 Å². The molecule has 3 rings (SSSR count). The smallest absolute Gasteiger partial charge is 0.190 e. The van der Waals surface area contributed by atoms with Gasteiger partial charge >= 0.3 is 0 Å². The fourth-order valence-electron chi connectivity index (χ4n) is 1.98. The molecule has 0 unspecified atom stereocenters. The molecule has 0 radical (unpaired) electrons. The Morgan fingerprint density at radius 1 is 1.31 bits per heavy atom. The first-order valence-electron chi connectivity index (χ1n) is 5.15. The van der Waals surface area contributed by atoms with Gasteiger partial charge in [0.25, 0.3) is 0 Å². The molecule has 5 nitrogen and oxygen atoms in total. The summed E-state index contributed by atoms with van der Waals surface area (Å²) in [4.78, 5) is 13.2. The van der Waals surface area contributed by atoms with Gasteiger partial charge in [0.2, 0.25) is 0 Å². The Balaban J connectivity index is 2.15. The molecule has 3 N–H and O–H groups in total. The second kappa shape index (κ2) is 3.80. The molecule has 0 atom stereocenters. The lowest BCUT2D eigenvalue weighted by Gasteiger charge is -2.07. The number of thiazole rings is 1. The molecule has 0 saturated carbocycles. The molecule has 0 aliphatic heterocycles. The van der Waals surface area contributed by atoms with Crippen molar-refractivity contribution in [1.82, 2.24) is 15.0 Å². The molecular weight excluding hydrogens is 222 g/mol. The fraction of sp³-hybridized carbons (Fsp3) is 0.300. The maximum absolute atomic E-state index is 5.49. The van der Waals surface area contributed by atoms with Gasteiger partial charge in [0.15, 0.2) is 10.8 Å². The van der Waals surface area contributed by atoms with E-state index in [0.29, 0.717) is 5.82 Å². The summed E-state index contributed by atoms with van der Waals surface area (Å²) in [5.41, 5.74) is 4.92. The number of nitrogens with two attached hydrogens (primary N) is 1. The van der Waals surface area contributed by atoms with Crippen LogP contribution in [0.25, 0.3) is 10.8 Å². The van der Waals surface area contributed by atoms with Gasteiger partial charge in [0, 0.05) is 22.8 Å². The number of nitrogens with zero attached hydrogens (tertiary/aromatic N) is 3. The molecule has 1 aliphatic rings. The molecule has 82 valence electrons. The maximum Gasteiger partial charge on any atom is 0.190 e. The van der Waals surface area contributed by atoms with E-state index in [1.54, 1.807) is 6.20 Å². The number of aromatic nitrogens is 3. The Labute approximate surface area is 96.7 Å². The monoisotopic (exact) mass is 233 g/mol. The Hall–Kier alpha value is -1.53. The van der Waals surface area contributed by atoms with E-state index >= 15 is 0 Å². The number of anilines is 1. The zero-order valence-electron chi connectivity index (χ0n) is 8.60. The highest BCUT2D eigenvalue weighted by Gasteiger charge is 2.19. The Morgan fingerprint density at radius 3 is 3.00 bits per heavy atom. The first kappa shape index (κ1) is 9.68. The summed E-state index contributed by atoms with van der Waals surface area (Å²) in [6.07, 6.45) is 4.89. The molecular formula is C10H11N5S. The van der Waals surface area contributed by atoms with Crippen molar-refractivity contribution < 1.29 is 0 Å². The Kier molecular flexibility index (Phi) is 2.30. The van der Waals surface area contributed by atoms with Crippen LogP contribution in [-0.4, -0.2) is 15.0 Å². The summed E-state index contributed by atoms with van der Waals surface area (Å²) < 4.78 is 0. The predicted molar refractivity (Wildman–Crippen MR) is 63.0 cm³/mol. The van der Waals surface area contributed by atoms with E-state index in [2.05, 4.69) is 20.4 Å². The lowest BCUT2D eigenvalue weighted by Crippen LogP contribution is -2.12. The van der Waals surface area contributed by atoms with Crippen LogP contribution in [0.3, 0.4) is 0 Å². The molecule has 16 heavy (non-hydrogen) atoms.